The van der Waals surface area contributed by atoms with Crippen LogP contribution in [0.25, 0.3) is 54.8 Å². The van der Waals surface area contributed by atoms with Gasteiger partial charge in [0.05, 0.1) is 12.4 Å². The third-order valence-electron chi connectivity index (χ3n) is 5.91. The Balaban J connectivity index is 1.87. The normalized spacial score (nSPS) is 11.6. The lowest BCUT2D eigenvalue weighted by Gasteiger charge is -2.16. The highest BCUT2D eigenvalue weighted by Gasteiger charge is 2.20. The minimum atomic E-state index is 1.04. The van der Waals surface area contributed by atoms with E-state index in [0.29, 0.717) is 0 Å². The summed E-state index contributed by atoms with van der Waals surface area (Å²) in [5.41, 5.74) is 7.24. The quantitative estimate of drug-likeness (QED) is 0.264. The molecule has 0 spiro atoms. The van der Waals surface area contributed by atoms with Crippen molar-refractivity contribution < 1.29 is 4.57 Å². The van der Waals surface area contributed by atoms with Gasteiger partial charge in [0.25, 0.3) is 6.33 Å². The molecule has 0 atom stereocenters. The van der Waals surface area contributed by atoms with Crippen LogP contribution in [0.15, 0.2) is 97.3 Å². The van der Waals surface area contributed by atoms with Crippen molar-refractivity contribution in [1.29, 1.82) is 0 Å². The van der Waals surface area contributed by atoms with Gasteiger partial charge in [-0.25, -0.2) is 4.57 Å². The molecular weight excluding hydrogens is 352 g/mol. The van der Waals surface area contributed by atoms with Gasteiger partial charge in [-0.3, -0.25) is 0 Å². The summed E-state index contributed by atoms with van der Waals surface area (Å²) in [6.45, 7) is 0. The second-order valence-electron chi connectivity index (χ2n) is 7.57. The number of nitrogens with zero attached hydrogens (tertiary/aromatic N) is 2. The van der Waals surface area contributed by atoms with Gasteiger partial charge >= 0.3 is 0 Å². The number of hydrogen-bond donors (Lipinski definition) is 0. The van der Waals surface area contributed by atoms with Crippen LogP contribution in [-0.4, -0.2) is 4.98 Å². The Morgan fingerprint density at radius 2 is 1.21 bits per heavy atom. The minimum Gasteiger partial charge on any atom is -0.232 e. The molecule has 0 bridgehead atoms. The molecule has 0 saturated heterocycles. The molecule has 0 N–H and O–H groups in total. The lowest BCUT2D eigenvalue weighted by atomic mass is 9.87. The summed E-state index contributed by atoms with van der Waals surface area (Å²) >= 11 is 0. The predicted octanol–water partition coefficient (Wildman–Crippen LogP) is 6.14. The first-order valence-corrected chi connectivity index (χ1v) is 9.88. The Kier molecular flexibility index (Phi) is 3.41. The van der Waals surface area contributed by atoms with Crippen molar-refractivity contribution in [2.75, 3.05) is 0 Å². The predicted molar refractivity (Wildman–Crippen MR) is 120 cm³/mol. The number of aromatic nitrogens is 2. The third kappa shape index (κ3) is 2.36. The van der Waals surface area contributed by atoms with Crippen LogP contribution < -0.4 is 4.57 Å². The lowest BCUT2D eigenvalue weighted by molar-refractivity contribution is -0.647. The maximum Gasteiger partial charge on any atom is 0.287 e. The number of hydrogen-bond acceptors (Lipinski definition) is 1. The zero-order chi connectivity index (χ0) is 19.4. The molecule has 6 aromatic rings. The Morgan fingerprint density at radius 1 is 0.621 bits per heavy atom. The SMILES string of the molecule is C[n+]1cnc2ccc3c(-c4ccccc4)cc(-c4ccccc4)c4ccc1c2c34. The lowest BCUT2D eigenvalue weighted by Crippen LogP contribution is -2.29. The number of benzene rings is 5. The molecule has 0 unspecified atom stereocenters. The maximum absolute atomic E-state index is 4.70. The van der Waals surface area contributed by atoms with E-state index in [1.54, 1.807) is 0 Å². The first-order chi connectivity index (χ1) is 14.3. The van der Waals surface area contributed by atoms with Gasteiger partial charge in [-0.2, -0.15) is 0 Å². The molecule has 0 aliphatic carbocycles. The molecule has 2 heteroatoms. The summed E-state index contributed by atoms with van der Waals surface area (Å²) in [4.78, 5) is 4.70. The van der Waals surface area contributed by atoms with Crippen LogP contribution in [0, 0.1) is 0 Å². The Hall–Kier alpha value is -3.78. The molecule has 0 amide bonds. The first kappa shape index (κ1) is 16.2. The summed E-state index contributed by atoms with van der Waals surface area (Å²) in [7, 11) is 2.06. The molecule has 29 heavy (non-hydrogen) atoms. The molecule has 136 valence electrons. The maximum atomic E-state index is 4.70. The highest BCUT2D eigenvalue weighted by molar-refractivity contribution is 6.26. The minimum absolute atomic E-state index is 1.04. The van der Waals surface area contributed by atoms with Gasteiger partial charge in [-0.05, 0) is 68.3 Å². The second-order valence-corrected chi connectivity index (χ2v) is 7.57. The summed E-state index contributed by atoms with van der Waals surface area (Å²) in [5.74, 6) is 0. The summed E-state index contributed by atoms with van der Waals surface area (Å²) in [5, 5.41) is 5.08. The van der Waals surface area contributed by atoms with E-state index in [1.165, 1.54) is 49.3 Å². The van der Waals surface area contributed by atoms with E-state index in [0.717, 1.165) is 5.52 Å². The van der Waals surface area contributed by atoms with E-state index >= 15 is 0 Å². The average Bonchev–Trinajstić information content (AvgIpc) is 2.79. The van der Waals surface area contributed by atoms with Crippen molar-refractivity contribution in [1.82, 2.24) is 4.98 Å². The summed E-state index contributed by atoms with van der Waals surface area (Å²) in [6, 6.07) is 32.6. The fourth-order valence-electron chi connectivity index (χ4n) is 4.53. The number of rotatable bonds is 2. The molecule has 5 aromatic carbocycles. The van der Waals surface area contributed by atoms with Crippen LogP contribution in [0.5, 0.6) is 0 Å². The number of aryl methyl sites for hydroxylation is 1. The van der Waals surface area contributed by atoms with E-state index in [1.807, 2.05) is 6.33 Å². The molecule has 0 saturated carbocycles. The van der Waals surface area contributed by atoms with Crippen LogP contribution >= 0.6 is 0 Å². The van der Waals surface area contributed by atoms with Crippen molar-refractivity contribution in [3.05, 3.63) is 97.3 Å². The van der Waals surface area contributed by atoms with E-state index in [-0.39, 0.29) is 0 Å². The molecule has 0 aliphatic heterocycles. The van der Waals surface area contributed by atoms with Crippen molar-refractivity contribution in [3.8, 4) is 22.3 Å². The van der Waals surface area contributed by atoms with Gasteiger partial charge in [-0.1, -0.05) is 60.7 Å². The molecule has 0 aliphatic rings. The van der Waals surface area contributed by atoms with Gasteiger partial charge in [-0.15, -0.1) is 0 Å². The van der Waals surface area contributed by atoms with Crippen LogP contribution in [0.2, 0.25) is 0 Å². The van der Waals surface area contributed by atoms with Crippen LogP contribution in [0.3, 0.4) is 0 Å². The highest BCUT2D eigenvalue weighted by Crippen LogP contribution is 2.42. The van der Waals surface area contributed by atoms with Crippen molar-refractivity contribution in [3.63, 3.8) is 0 Å². The molecular formula is C27H19N2+. The zero-order valence-corrected chi connectivity index (χ0v) is 16.1. The molecule has 6 rings (SSSR count). The highest BCUT2D eigenvalue weighted by atomic mass is 15.0. The monoisotopic (exact) mass is 371 g/mol. The Morgan fingerprint density at radius 3 is 1.83 bits per heavy atom. The smallest absolute Gasteiger partial charge is 0.232 e. The zero-order valence-electron chi connectivity index (χ0n) is 16.1. The largest absolute Gasteiger partial charge is 0.287 e. The first-order valence-electron chi connectivity index (χ1n) is 9.88. The van der Waals surface area contributed by atoms with Gasteiger partial charge in [0.2, 0.25) is 0 Å². The van der Waals surface area contributed by atoms with Crippen molar-refractivity contribution >= 4 is 32.6 Å². The second kappa shape index (κ2) is 6.11. The Bertz CT molecular complexity index is 1430. The molecule has 0 radical (unpaired) electrons. The molecule has 1 aromatic heterocycles. The van der Waals surface area contributed by atoms with E-state index < -0.39 is 0 Å². The molecule has 1 heterocycles. The Labute approximate surface area is 169 Å². The van der Waals surface area contributed by atoms with Gasteiger partial charge in [0.1, 0.15) is 5.52 Å². The van der Waals surface area contributed by atoms with Crippen LogP contribution in [-0.2, 0) is 7.05 Å². The van der Waals surface area contributed by atoms with E-state index in [9.17, 15) is 0 Å². The van der Waals surface area contributed by atoms with Gasteiger partial charge in [0, 0.05) is 5.39 Å². The van der Waals surface area contributed by atoms with E-state index in [4.69, 9.17) is 4.98 Å². The van der Waals surface area contributed by atoms with Crippen LogP contribution in [0.1, 0.15) is 0 Å². The van der Waals surface area contributed by atoms with Gasteiger partial charge < -0.3 is 0 Å². The van der Waals surface area contributed by atoms with Crippen LogP contribution in [0.4, 0.5) is 0 Å². The van der Waals surface area contributed by atoms with Crippen molar-refractivity contribution in [2.45, 2.75) is 0 Å². The van der Waals surface area contributed by atoms with Gasteiger partial charge in [0.15, 0.2) is 5.52 Å². The standard InChI is InChI=1S/C27H19N2/c1-29-17-28-24-14-12-20-22(18-8-4-2-5-9-18)16-23(19-10-6-3-7-11-19)21-13-15-25(29)27(24)26(20)21/h2-17H,1H3/q+1. The fourth-order valence-corrected chi connectivity index (χ4v) is 4.53. The topological polar surface area (TPSA) is 16.8 Å². The van der Waals surface area contributed by atoms with Crippen molar-refractivity contribution in [2.24, 2.45) is 7.05 Å². The molecule has 2 nitrogen and oxygen atoms in total. The average molecular weight is 371 g/mol. The third-order valence-corrected chi connectivity index (χ3v) is 5.91. The fraction of sp³-hybridized carbons (Fsp3) is 0.0370. The summed E-state index contributed by atoms with van der Waals surface area (Å²) < 4.78 is 2.11. The summed E-state index contributed by atoms with van der Waals surface area (Å²) in [6.07, 6.45) is 1.90. The molecule has 0 fully saturated rings. The van der Waals surface area contributed by atoms with E-state index in [2.05, 4.69) is 103 Å².